The summed E-state index contributed by atoms with van der Waals surface area (Å²) >= 11 is 0. The summed E-state index contributed by atoms with van der Waals surface area (Å²) in [6.07, 6.45) is 0. The molecular weight excluding hydrogens is 571 g/mol. The molecule has 7 aromatic carbocycles. The molecule has 1 aliphatic rings. The Morgan fingerprint density at radius 3 is 2.11 bits per heavy atom. The Balaban J connectivity index is 1.34. The molecule has 0 atom stereocenters. The van der Waals surface area contributed by atoms with Crippen molar-refractivity contribution in [2.24, 2.45) is 0 Å². The molecule has 3 nitrogen and oxygen atoms in total. The molecule has 0 N–H and O–H groups in total. The summed E-state index contributed by atoms with van der Waals surface area (Å²) in [5, 5.41) is 8.82. The lowest BCUT2D eigenvalue weighted by atomic mass is 9.68. The van der Waals surface area contributed by atoms with Crippen LogP contribution in [-0.2, 0) is 5.41 Å². The van der Waals surface area contributed by atoms with Gasteiger partial charge < -0.3 is 4.57 Å². The Morgan fingerprint density at radius 2 is 1.23 bits per heavy atom. The molecule has 0 unspecified atom stereocenters. The van der Waals surface area contributed by atoms with Gasteiger partial charge in [-0.05, 0) is 81.4 Å². The van der Waals surface area contributed by atoms with Crippen LogP contribution >= 0.6 is 0 Å². The van der Waals surface area contributed by atoms with Gasteiger partial charge in [-0.3, -0.25) is 4.40 Å². The van der Waals surface area contributed by atoms with Crippen molar-refractivity contribution in [1.29, 1.82) is 0 Å². The number of fused-ring (bicyclic) bond motifs is 14. The summed E-state index contributed by atoms with van der Waals surface area (Å²) in [5.74, 6) is 0. The van der Waals surface area contributed by atoms with Gasteiger partial charge in [0.05, 0.1) is 27.6 Å². The summed E-state index contributed by atoms with van der Waals surface area (Å²) in [7, 11) is 0. The van der Waals surface area contributed by atoms with E-state index in [-0.39, 0.29) is 5.41 Å². The summed E-state index contributed by atoms with van der Waals surface area (Å²) < 4.78 is 4.84. The van der Waals surface area contributed by atoms with Crippen molar-refractivity contribution >= 4 is 70.9 Å². The standard InChI is InChI=1S/C44H29N3/c1-44(2)34-16-6-3-15-31(34)41-40-26(12-11-17-35(40)44)24-33-29-14-5-8-19-37(29)46(42(33)41)27-22-23-30-32(25-27)28-13-4-9-20-38(28)47-39-21-10-7-18-36(39)45-43(30)47/h3-25H,1-2H3. The molecule has 10 aromatic rings. The van der Waals surface area contributed by atoms with Gasteiger partial charge in [-0.1, -0.05) is 105 Å². The van der Waals surface area contributed by atoms with Gasteiger partial charge in [0.15, 0.2) is 0 Å². The predicted octanol–water partition coefficient (Wildman–Crippen LogP) is 11.4. The van der Waals surface area contributed by atoms with Crippen molar-refractivity contribution in [3.63, 3.8) is 0 Å². The maximum Gasteiger partial charge on any atom is 0.146 e. The van der Waals surface area contributed by atoms with E-state index in [9.17, 15) is 0 Å². The van der Waals surface area contributed by atoms with Gasteiger partial charge in [-0.25, -0.2) is 4.98 Å². The van der Waals surface area contributed by atoms with Crippen LogP contribution in [0.15, 0.2) is 140 Å². The molecule has 3 heterocycles. The van der Waals surface area contributed by atoms with Gasteiger partial charge in [-0.15, -0.1) is 0 Å². The highest BCUT2D eigenvalue weighted by Crippen LogP contribution is 2.52. The van der Waals surface area contributed by atoms with Gasteiger partial charge in [0, 0.05) is 38.2 Å². The van der Waals surface area contributed by atoms with Crippen molar-refractivity contribution in [2.45, 2.75) is 19.3 Å². The third kappa shape index (κ3) is 3.09. The second-order valence-corrected chi connectivity index (χ2v) is 13.6. The highest BCUT2D eigenvalue weighted by molar-refractivity contribution is 6.23. The minimum atomic E-state index is -0.103. The van der Waals surface area contributed by atoms with Crippen molar-refractivity contribution in [2.75, 3.05) is 0 Å². The zero-order valence-electron chi connectivity index (χ0n) is 26.1. The number of imidazole rings is 1. The second kappa shape index (κ2) is 8.65. The minimum absolute atomic E-state index is 0.103. The number of rotatable bonds is 1. The number of para-hydroxylation sites is 4. The van der Waals surface area contributed by atoms with Crippen LogP contribution in [0, 0.1) is 0 Å². The Bertz CT molecular complexity index is 2990. The highest BCUT2D eigenvalue weighted by Gasteiger charge is 2.35. The molecule has 11 rings (SSSR count). The highest BCUT2D eigenvalue weighted by atomic mass is 15.0. The molecule has 3 aromatic heterocycles. The van der Waals surface area contributed by atoms with Gasteiger partial charge in [0.25, 0.3) is 0 Å². The van der Waals surface area contributed by atoms with Crippen molar-refractivity contribution < 1.29 is 0 Å². The first-order valence-corrected chi connectivity index (χ1v) is 16.4. The molecule has 220 valence electrons. The van der Waals surface area contributed by atoms with Crippen molar-refractivity contribution in [3.8, 4) is 16.8 Å². The second-order valence-electron chi connectivity index (χ2n) is 13.6. The Morgan fingerprint density at radius 1 is 0.532 bits per heavy atom. The average Bonchev–Trinajstić information content (AvgIpc) is 3.66. The lowest BCUT2D eigenvalue weighted by molar-refractivity contribution is 0.645. The molecule has 0 saturated heterocycles. The van der Waals surface area contributed by atoms with E-state index in [0.717, 1.165) is 27.8 Å². The monoisotopic (exact) mass is 599 g/mol. The van der Waals surface area contributed by atoms with Crippen LogP contribution in [-0.4, -0.2) is 14.0 Å². The quantitative estimate of drug-likeness (QED) is 0.172. The molecule has 0 spiro atoms. The zero-order valence-corrected chi connectivity index (χ0v) is 26.1. The molecule has 0 radical (unpaired) electrons. The Hall–Kier alpha value is -5.93. The Kier molecular flexibility index (Phi) is 4.66. The number of nitrogens with zero attached hydrogens (tertiary/aromatic N) is 3. The molecule has 1 aliphatic carbocycles. The number of hydrogen-bond acceptors (Lipinski definition) is 1. The van der Waals surface area contributed by atoms with Crippen LogP contribution in [0.25, 0.3) is 87.7 Å². The molecule has 0 saturated carbocycles. The number of aromatic nitrogens is 3. The van der Waals surface area contributed by atoms with E-state index >= 15 is 0 Å². The van der Waals surface area contributed by atoms with Crippen LogP contribution in [0.3, 0.4) is 0 Å². The SMILES string of the molecule is CC1(C)c2ccccc2-c2c3c1cccc3cc1c3ccccc3n(-c3ccc4c(c3)c3ccccc3n3c5ccccc5nc43)c21. The summed E-state index contributed by atoms with van der Waals surface area (Å²) in [6, 6.07) is 51.4. The Labute approximate surface area is 270 Å². The largest absolute Gasteiger partial charge is 0.309 e. The van der Waals surface area contributed by atoms with Crippen LogP contribution < -0.4 is 0 Å². The number of pyridine rings is 1. The fourth-order valence-electron chi connectivity index (χ4n) is 8.78. The third-order valence-corrected chi connectivity index (χ3v) is 10.8. The lowest BCUT2D eigenvalue weighted by Crippen LogP contribution is -2.23. The minimum Gasteiger partial charge on any atom is -0.309 e. The zero-order chi connectivity index (χ0) is 31.0. The smallest absolute Gasteiger partial charge is 0.146 e. The van der Waals surface area contributed by atoms with Crippen LogP contribution in [0.2, 0.25) is 0 Å². The van der Waals surface area contributed by atoms with E-state index < -0.39 is 0 Å². The van der Waals surface area contributed by atoms with Gasteiger partial charge in [0.1, 0.15) is 5.65 Å². The van der Waals surface area contributed by atoms with Crippen LogP contribution in [0.5, 0.6) is 0 Å². The molecule has 0 aliphatic heterocycles. The van der Waals surface area contributed by atoms with E-state index in [0.29, 0.717) is 0 Å². The average molecular weight is 600 g/mol. The van der Waals surface area contributed by atoms with Gasteiger partial charge in [0.2, 0.25) is 0 Å². The van der Waals surface area contributed by atoms with Crippen molar-refractivity contribution in [3.05, 3.63) is 151 Å². The normalized spacial score (nSPS) is 13.9. The fourth-order valence-corrected chi connectivity index (χ4v) is 8.78. The van der Waals surface area contributed by atoms with E-state index in [4.69, 9.17) is 4.98 Å². The summed E-state index contributed by atoms with van der Waals surface area (Å²) in [4.78, 5) is 5.16. The first-order valence-electron chi connectivity index (χ1n) is 16.4. The number of benzene rings is 7. The molecule has 0 bridgehead atoms. The molecule has 47 heavy (non-hydrogen) atoms. The van der Waals surface area contributed by atoms with E-state index in [1.165, 1.54) is 71.1 Å². The molecule has 0 fully saturated rings. The topological polar surface area (TPSA) is 22.2 Å². The third-order valence-electron chi connectivity index (χ3n) is 10.8. The van der Waals surface area contributed by atoms with Crippen molar-refractivity contribution in [1.82, 2.24) is 14.0 Å². The lowest BCUT2D eigenvalue weighted by Gasteiger charge is -2.35. The molecule has 3 heteroatoms. The molecule has 0 amide bonds. The first kappa shape index (κ1) is 25.3. The predicted molar refractivity (Wildman–Crippen MR) is 197 cm³/mol. The van der Waals surface area contributed by atoms with Crippen LogP contribution in [0.4, 0.5) is 0 Å². The summed E-state index contributed by atoms with van der Waals surface area (Å²) in [5.41, 5.74) is 13.3. The molecular formula is C44H29N3. The maximum atomic E-state index is 5.16. The van der Waals surface area contributed by atoms with E-state index in [2.05, 4.69) is 162 Å². The maximum absolute atomic E-state index is 5.16. The van der Waals surface area contributed by atoms with Gasteiger partial charge >= 0.3 is 0 Å². The van der Waals surface area contributed by atoms with E-state index in [1.807, 2.05) is 0 Å². The summed E-state index contributed by atoms with van der Waals surface area (Å²) in [6.45, 7) is 4.75. The fraction of sp³-hybridized carbons (Fsp3) is 0.0682. The van der Waals surface area contributed by atoms with Gasteiger partial charge in [-0.2, -0.15) is 0 Å². The first-order chi connectivity index (χ1) is 23.1. The van der Waals surface area contributed by atoms with E-state index in [1.54, 1.807) is 0 Å². The number of hydrogen-bond donors (Lipinski definition) is 0. The van der Waals surface area contributed by atoms with Crippen LogP contribution in [0.1, 0.15) is 25.0 Å².